The molecule has 1 aromatic rings. The fraction of sp³-hybridized carbons (Fsp3) is 0.462. The largest absolute Gasteiger partial charge is 0.310 e. The molecule has 3 heteroatoms. The lowest BCUT2D eigenvalue weighted by Crippen LogP contribution is -2.52. The molecule has 2 nitrogen and oxygen atoms in total. The molecular formula is C13H15ClN2. The molecule has 0 spiro atoms. The zero-order valence-electron chi connectivity index (χ0n) is 9.33. The van der Waals surface area contributed by atoms with E-state index in [1.54, 1.807) is 0 Å². The highest BCUT2D eigenvalue weighted by Gasteiger charge is 2.31. The number of nitrogens with zero attached hydrogens (tertiary/aromatic N) is 1. The van der Waals surface area contributed by atoms with Gasteiger partial charge in [0.2, 0.25) is 0 Å². The van der Waals surface area contributed by atoms with Crippen LogP contribution < -0.4 is 5.32 Å². The van der Waals surface area contributed by atoms with Crippen molar-refractivity contribution in [3.63, 3.8) is 0 Å². The molecule has 1 N–H and O–H groups in total. The SMILES string of the molecule is Cc1cc(C2=CC3NCC3CC2)cnc1Cl. The Hall–Kier alpha value is -0.860. The molecule has 1 saturated heterocycles. The van der Waals surface area contributed by atoms with Gasteiger partial charge in [-0.15, -0.1) is 0 Å². The summed E-state index contributed by atoms with van der Waals surface area (Å²) in [6, 6.07) is 2.74. The standard InChI is InChI=1S/C13H15ClN2/c1-8-4-11(7-16-13(8)14)9-2-3-10-6-15-12(10)5-9/h4-5,7,10,12,15H,2-3,6H2,1H3. The van der Waals surface area contributed by atoms with Crippen LogP contribution in [0.3, 0.4) is 0 Å². The van der Waals surface area contributed by atoms with Gasteiger partial charge >= 0.3 is 0 Å². The molecule has 1 aromatic heterocycles. The van der Waals surface area contributed by atoms with Crippen molar-refractivity contribution in [1.29, 1.82) is 0 Å². The van der Waals surface area contributed by atoms with E-state index in [0.717, 1.165) is 11.5 Å². The predicted octanol–water partition coefficient (Wildman–Crippen LogP) is 2.81. The molecule has 0 radical (unpaired) electrons. The summed E-state index contributed by atoms with van der Waals surface area (Å²) in [5, 5.41) is 4.06. The van der Waals surface area contributed by atoms with E-state index in [1.807, 2.05) is 13.1 Å². The molecule has 1 aliphatic heterocycles. The lowest BCUT2D eigenvalue weighted by Gasteiger charge is -2.40. The first-order chi connectivity index (χ1) is 7.74. The number of allylic oxidation sites excluding steroid dienone is 1. The second-order valence-electron chi connectivity index (χ2n) is 4.76. The highest BCUT2D eigenvalue weighted by Crippen LogP contribution is 2.34. The van der Waals surface area contributed by atoms with Crippen LogP contribution in [0.15, 0.2) is 18.3 Å². The molecule has 0 amide bonds. The van der Waals surface area contributed by atoms with Gasteiger partial charge in [0, 0.05) is 18.8 Å². The van der Waals surface area contributed by atoms with Crippen molar-refractivity contribution >= 4 is 17.2 Å². The van der Waals surface area contributed by atoms with Crippen LogP contribution in [0.5, 0.6) is 0 Å². The maximum absolute atomic E-state index is 5.94. The molecule has 2 heterocycles. The van der Waals surface area contributed by atoms with Gasteiger partial charge in [-0.2, -0.15) is 0 Å². The van der Waals surface area contributed by atoms with Crippen molar-refractivity contribution in [2.75, 3.05) is 6.54 Å². The Bertz CT molecular complexity index is 453. The van der Waals surface area contributed by atoms with Crippen molar-refractivity contribution in [3.8, 4) is 0 Å². The predicted molar refractivity (Wildman–Crippen MR) is 66.5 cm³/mol. The van der Waals surface area contributed by atoms with E-state index in [2.05, 4.69) is 22.4 Å². The molecule has 16 heavy (non-hydrogen) atoms. The van der Waals surface area contributed by atoms with Crippen LogP contribution in [0.25, 0.3) is 5.57 Å². The van der Waals surface area contributed by atoms with Crippen LogP contribution in [0, 0.1) is 12.8 Å². The number of nitrogens with one attached hydrogen (secondary N) is 1. The fourth-order valence-corrected chi connectivity index (χ4v) is 2.62. The Morgan fingerprint density at radius 2 is 2.38 bits per heavy atom. The first kappa shape index (κ1) is 10.3. The third kappa shape index (κ3) is 1.66. The molecular weight excluding hydrogens is 220 g/mol. The maximum atomic E-state index is 5.94. The van der Waals surface area contributed by atoms with E-state index < -0.39 is 0 Å². The Morgan fingerprint density at radius 3 is 3.00 bits per heavy atom. The first-order valence-corrected chi connectivity index (χ1v) is 6.18. The van der Waals surface area contributed by atoms with Gasteiger partial charge < -0.3 is 5.32 Å². The quantitative estimate of drug-likeness (QED) is 0.756. The normalized spacial score (nSPS) is 28.0. The average molecular weight is 235 g/mol. The lowest BCUT2D eigenvalue weighted by atomic mass is 9.79. The van der Waals surface area contributed by atoms with Gasteiger partial charge in [-0.25, -0.2) is 4.98 Å². The van der Waals surface area contributed by atoms with Gasteiger partial charge in [0.1, 0.15) is 5.15 Å². The summed E-state index contributed by atoms with van der Waals surface area (Å²) >= 11 is 5.94. The molecule has 1 fully saturated rings. The van der Waals surface area contributed by atoms with Gasteiger partial charge in [-0.05, 0) is 48.4 Å². The minimum absolute atomic E-state index is 0.597. The Labute approximate surface area is 101 Å². The van der Waals surface area contributed by atoms with Gasteiger partial charge in [0.25, 0.3) is 0 Å². The second-order valence-corrected chi connectivity index (χ2v) is 5.11. The number of fused-ring (bicyclic) bond motifs is 1. The molecule has 2 unspecified atom stereocenters. The zero-order chi connectivity index (χ0) is 11.1. The Morgan fingerprint density at radius 1 is 1.50 bits per heavy atom. The molecule has 3 rings (SSSR count). The third-order valence-corrected chi connectivity index (χ3v) is 4.07. The number of hydrogen-bond donors (Lipinski definition) is 1. The summed E-state index contributed by atoms with van der Waals surface area (Å²) in [7, 11) is 0. The van der Waals surface area contributed by atoms with E-state index in [9.17, 15) is 0 Å². The third-order valence-electron chi connectivity index (χ3n) is 3.67. The second kappa shape index (κ2) is 3.86. The number of pyridine rings is 1. The zero-order valence-corrected chi connectivity index (χ0v) is 10.1. The van der Waals surface area contributed by atoms with Crippen LogP contribution in [0.2, 0.25) is 5.15 Å². The minimum Gasteiger partial charge on any atom is -0.310 e. The van der Waals surface area contributed by atoms with Crippen molar-refractivity contribution in [1.82, 2.24) is 10.3 Å². The molecule has 0 aromatic carbocycles. The number of halogens is 1. The maximum Gasteiger partial charge on any atom is 0.131 e. The van der Waals surface area contributed by atoms with Gasteiger partial charge in [-0.1, -0.05) is 17.7 Å². The lowest BCUT2D eigenvalue weighted by molar-refractivity contribution is 0.256. The van der Waals surface area contributed by atoms with Crippen molar-refractivity contribution in [3.05, 3.63) is 34.6 Å². The van der Waals surface area contributed by atoms with Crippen LogP contribution in [-0.4, -0.2) is 17.6 Å². The van der Waals surface area contributed by atoms with Gasteiger partial charge in [0.15, 0.2) is 0 Å². The topological polar surface area (TPSA) is 24.9 Å². The highest BCUT2D eigenvalue weighted by molar-refractivity contribution is 6.30. The summed E-state index contributed by atoms with van der Waals surface area (Å²) in [5.74, 6) is 0.866. The summed E-state index contributed by atoms with van der Waals surface area (Å²) in [4.78, 5) is 4.22. The van der Waals surface area contributed by atoms with Crippen LogP contribution >= 0.6 is 11.6 Å². The van der Waals surface area contributed by atoms with E-state index >= 15 is 0 Å². The molecule has 2 atom stereocenters. The molecule has 0 saturated carbocycles. The van der Waals surface area contributed by atoms with E-state index in [1.165, 1.54) is 30.5 Å². The van der Waals surface area contributed by atoms with E-state index in [-0.39, 0.29) is 0 Å². The number of aromatic nitrogens is 1. The van der Waals surface area contributed by atoms with Crippen molar-refractivity contribution in [2.24, 2.45) is 5.92 Å². The minimum atomic E-state index is 0.597. The van der Waals surface area contributed by atoms with Crippen molar-refractivity contribution in [2.45, 2.75) is 25.8 Å². The number of hydrogen-bond acceptors (Lipinski definition) is 2. The summed E-state index contributed by atoms with van der Waals surface area (Å²) in [6.07, 6.45) is 6.72. The van der Waals surface area contributed by atoms with Crippen LogP contribution in [0.1, 0.15) is 24.0 Å². The summed E-state index contributed by atoms with van der Waals surface area (Å²) in [6.45, 7) is 3.19. The average Bonchev–Trinajstić information content (AvgIpc) is 2.24. The number of rotatable bonds is 1. The monoisotopic (exact) mass is 234 g/mol. The summed E-state index contributed by atoms with van der Waals surface area (Å²) < 4.78 is 0. The Kier molecular flexibility index (Phi) is 2.49. The smallest absolute Gasteiger partial charge is 0.131 e. The van der Waals surface area contributed by atoms with Crippen molar-refractivity contribution < 1.29 is 0 Å². The molecule has 0 bridgehead atoms. The van der Waals surface area contributed by atoms with E-state index in [0.29, 0.717) is 11.2 Å². The summed E-state index contributed by atoms with van der Waals surface area (Å²) in [5.41, 5.74) is 3.71. The molecule has 84 valence electrons. The van der Waals surface area contributed by atoms with Gasteiger partial charge in [-0.3, -0.25) is 0 Å². The van der Waals surface area contributed by atoms with E-state index in [4.69, 9.17) is 11.6 Å². The molecule has 2 aliphatic rings. The number of aryl methyl sites for hydroxylation is 1. The van der Waals surface area contributed by atoms with Crippen LogP contribution in [-0.2, 0) is 0 Å². The first-order valence-electron chi connectivity index (χ1n) is 5.80. The molecule has 1 aliphatic carbocycles. The van der Waals surface area contributed by atoms with Crippen LogP contribution in [0.4, 0.5) is 0 Å². The van der Waals surface area contributed by atoms with Gasteiger partial charge in [0.05, 0.1) is 0 Å². The Balaban J connectivity index is 1.91. The highest BCUT2D eigenvalue weighted by atomic mass is 35.5. The fourth-order valence-electron chi connectivity index (χ4n) is 2.51.